The highest BCUT2D eigenvalue weighted by Gasteiger charge is 2.38. The summed E-state index contributed by atoms with van der Waals surface area (Å²) >= 11 is 0. The number of ether oxygens (including phenoxy) is 1. The standard InChI is InChI=1S/C21H15F3N4O3/c22-21(23,24)20-27-18(28-31-20)14-5-7-15(8-6-14)30-12-11-26-19(29)17-16-4-2-1-3-13(16)9-10-25-17/h1-10H,11-12H2,(H,26,29). The Balaban J connectivity index is 1.31. The Bertz CT molecular complexity index is 1200. The van der Waals surface area contributed by atoms with E-state index in [0.29, 0.717) is 17.0 Å². The number of rotatable bonds is 6. The molecule has 0 saturated carbocycles. The molecule has 0 unspecified atom stereocenters. The third kappa shape index (κ3) is 4.63. The number of carbonyl (C=O) groups excluding carboxylic acids is 1. The first-order chi connectivity index (χ1) is 14.9. The van der Waals surface area contributed by atoms with Gasteiger partial charge in [0, 0.05) is 17.1 Å². The fourth-order valence-electron chi connectivity index (χ4n) is 2.87. The molecule has 0 saturated heterocycles. The fraction of sp³-hybridized carbons (Fsp3) is 0.143. The van der Waals surface area contributed by atoms with Crippen LogP contribution >= 0.6 is 0 Å². The molecule has 31 heavy (non-hydrogen) atoms. The third-order valence-corrected chi connectivity index (χ3v) is 4.33. The van der Waals surface area contributed by atoms with Crippen molar-refractivity contribution in [3.63, 3.8) is 0 Å². The molecule has 2 aromatic heterocycles. The molecule has 1 N–H and O–H groups in total. The lowest BCUT2D eigenvalue weighted by Crippen LogP contribution is -2.28. The van der Waals surface area contributed by atoms with Crippen molar-refractivity contribution in [2.45, 2.75) is 6.18 Å². The van der Waals surface area contributed by atoms with Crippen LogP contribution in [0.4, 0.5) is 13.2 Å². The molecule has 0 aliphatic heterocycles. The van der Waals surface area contributed by atoms with Crippen LogP contribution in [0, 0.1) is 0 Å². The number of alkyl halides is 3. The highest BCUT2D eigenvalue weighted by atomic mass is 19.4. The van der Waals surface area contributed by atoms with Gasteiger partial charge >= 0.3 is 12.1 Å². The Morgan fingerprint density at radius 2 is 1.84 bits per heavy atom. The Labute approximate surface area is 173 Å². The van der Waals surface area contributed by atoms with Gasteiger partial charge in [-0.3, -0.25) is 9.78 Å². The zero-order valence-corrected chi connectivity index (χ0v) is 15.9. The number of pyridine rings is 1. The maximum absolute atomic E-state index is 12.5. The Kier molecular flexibility index (Phi) is 5.52. The van der Waals surface area contributed by atoms with E-state index in [0.717, 1.165) is 10.8 Å². The van der Waals surface area contributed by atoms with Gasteiger partial charge in [0.05, 0.1) is 6.54 Å². The van der Waals surface area contributed by atoms with Gasteiger partial charge in [-0.05, 0) is 35.7 Å². The van der Waals surface area contributed by atoms with Crippen LogP contribution in [-0.2, 0) is 6.18 Å². The van der Waals surface area contributed by atoms with Gasteiger partial charge in [-0.2, -0.15) is 18.2 Å². The van der Waals surface area contributed by atoms with Crippen LogP contribution in [0.1, 0.15) is 16.4 Å². The first-order valence-electron chi connectivity index (χ1n) is 9.18. The van der Waals surface area contributed by atoms with Gasteiger partial charge in [-0.15, -0.1) is 0 Å². The highest BCUT2D eigenvalue weighted by Crippen LogP contribution is 2.29. The molecule has 0 radical (unpaired) electrons. The second kappa shape index (κ2) is 8.42. The topological polar surface area (TPSA) is 90.1 Å². The highest BCUT2D eigenvalue weighted by molar-refractivity contribution is 6.05. The second-order valence-electron chi connectivity index (χ2n) is 6.43. The summed E-state index contributed by atoms with van der Waals surface area (Å²) in [5.41, 5.74) is 0.683. The number of carbonyl (C=O) groups is 1. The lowest BCUT2D eigenvalue weighted by atomic mass is 10.1. The van der Waals surface area contributed by atoms with E-state index in [4.69, 9.17) is 4.74 Å². The number of benzene rings is 2. The van der Waals surface area contributed by atoms with Gasteiger partial charge in [-0.25, -0.2) is 0 Å². The van der Waals surface area contributed by atoms with Gasteiger partial charge < -0.3 is 14.6 Å². The van der Waals surface area contributed by atoms with E-state index in [-0.39, 0.29) is 24.9 Å². The Hall–Kier alpha value is -3.95. The number of hydrogen-bond donors (Lipinski definition) is 1. The maximum Gasteiger partial charge on any atom is 0.471 e. The molecule has 0 fully saturated rings. The zero-order valence-electron chi connectivity index (χ0n) is 15.9. The smallest absolute Gasteiger partial charge is 0.471 e. The number of nitrogens with zero attached hydrogens (tertiary/aromatic N) is 3. The summed E-state index contributed by atoms with van der Waals surface area (Å²) in [7, 11) is 0. The van der Waals surface area contributed by atoms with Crippen molar-refractivity contribution >= 4 is 16.7 Å². The Morgan fingerprint density at radius 1 is 1.06 bits per heavy atom. The summed E-state index contributed by atoms with van der Waals surface area (Å²) in [6.07, 6.45) is -3.11. The number of nitrogens with one attached hydrogen (secondary N) is 1. The largest absolute Gasteiger partial charge is 0.492 e. The molecule has 2 heterocycles. The summed E-state index contributed by atoms with van der Waals surface area (Å²) in [5.74, 6) is -1.41. The van der Waals surface area contributed by atoms with Crippen LogP contribution in [0.2, 0.25) is 0 Å². The van der Waals surface area contributed by atoms with Gasteiger partial charge in [0.1, 0.15) is 18.1 Å². The maximum atomic E-state index is 12.5. The van der Waals surface area contributed by atoms with E-state index in [1.54, 1.807) is 18.3 Å². The predicted octanol–water partition coefficient (Wildman–Crippen LogP) is 4.11. The number of amides is 1. The van der Waals surface area contributed by atoms with Gasteiger partial charge in [0.15, 0.2) is 0 Å². The Morgan fingerprint density at radius 3 is 2.58 bits per heavy atom. The van der Waals surface area contributed by atoms with Crippen molar-refractivity contribution in [2.24, 2.45) is 0 Å². The van der Waals surface area contributed by atoms with Crippen LogP contribution in [0.5, 0.6) is 5.75 Å². The lowest BCUT2D eigenvalue weighted by molar-refractivity contribution is -0.159. The summed E-state index contributed by atoms with van der Waals surface area (Å²) in [5, 5.41) is 7.76. The van der Waals surface area contributed by atoms with E-state index >= 15 is 0 Å². The number of hydrogen-bond acceptors (Lipinski definition) is 6. The first-order valence-corrected chi connectivity index (χ1v) is 9.18. The zero-order chi connectivity index (χ0) is 21.8. The summed E-state index contributed by atoms with van der Waals surface area (Å²) in [6.45, 7) is 0.432. The molecule has 158 valence electrons. The molecule has 4 aromatic rings. The fourth-order valence-corrected chi connectivity index (χ4v) is 2.87. The van der Waals surface area contributed by atoms with Crippen molar-refractivity contribution in [3.8, 4) is 17.1 Å². The van der Waals surface area contributed by atoms with Crippen molar-refractivity contribution in [1.82, 2.24) is 20.4 Å². The average Bonchev–Trinajstić information content (AvgIpc) is 3.27. The SMILES string of the molecule is O=C(NCCOc1ccc(-c2noc(C(F)(F)F)n2)cc1)c1nccc2ccccc12. The molecule has 0 aliphatic rings. The molecule has 0 spiro atoms. The molecular formula is C21H15F3N4O3. The minimum atomic E-state index is -4.69. The van der Waals surface area contributed by atoms with Gasteiger partial charge in [-0.1, -0.05) is 29.4 Å². The van der Waals surface area contributed by atoms with Crippen LogP contribution in [0.25, 0.3) is 22.2 Å². The molecule has 0 atom stereocenters. The van der Waals surface area contributed by atoms with Crippen molar-refractivity contribution in [3.05, 3.63) is 72.4 Å². The monoisotopic (exact) mass is 428 g/mol. The van der Waals surface area contributed by atoms with E-state index in [1.807, 2.05) is 30.3 Å². The lowest BCUT2D eigenvalue weighted by Gasteiger charge is -2.09. The molecular weight excluding hydrogens is 413 g/mol. The average molecular weight is 428 g/mol. The summed E-state index contributed by atoms with van der Waals surface area (Å²) in [4.78, 5) is 19.9. The molecule has 0 aliphatic carbocycles. The van der Waals surface area contributed by atoms with Crippen LogP contribution in [0.15, 0.2) is 65.3 Å². The minimum Gasteiger partial charge on any atom is -0.492 e. The van der Waals surface area contributed by atoms with E-state index < -0.39 is 12.1 Å². The first kappa shape index (κ1) is 20.3. The molecule has 2 aromatic carbocycles. The summed E-state index contributed by atoms with van der Waals surface area (Å²) < 4.78 is 47.4. The van der Waals surface area contributed by atoms with Crippen molar-refractivity contribution < 1.29 is 27.2 Å². The van der Waals surface area contributed by atoms with Gasteiger partial charge in [0.25, 0.3) is 5.91 Å². The van der Waals surface area contributed by atoms with Crippen molar-refractivity contribution in [1.29, 1.82) is 0 Å². The van der Waals surface area contributed by atoms with Gasteiger partial charge in [0.2, 0.25) is 5.82 Å². The van der Waals surface area contributed by atoms with E-state index in [2.05, 4.69) is 25.0 Å². The molecule has 4 rings (SSSR count). The molecule has 10 heteroatoms. The summed E-state index contributed by atoms with van der Waals surface area (Å²) in [6, 6.07) is 15.4. The minimum absolute atomic E-state index is 0.172. The predicted molar refractivity (Wildman–Crippen MR) is 104 cm³/mol. The normalized spacial score (nSPS) is 11.5. The van der Waals surface area contributed by atoms with Crippen LogP contribution in [-0.4, -0.2) is 34.2 Å². The van der Waals surface area contributed by atoms with Crippen molar-refractivity contribution in [2.75, 3.05) is 13.2 Å². The quantitative estimate of drug-likeness (QED) is 0.465. The van der Waals surface area contributed by atoms with Crippen LogP contribution in [0.3, 0.4) is 0 Å². The number of aromatic nitrogens is 3. The number of halogens is 3. The van der Waals surface area contributed by atoms with E-state index in [1.165, 1.54) is 12.1 Å². The van der Waals surface area contributed by atoms with Crippen LogP contribution < -0.4 is 10.1 Å². The van der Waals surface area contributed by atoms with E-state index in [9.17, 15) is 18.0 Å². The second-order valence-corrected chi connectivity index (χ2v) is 6.43. The molecule has 0 bridgehead atoms. The number of fused-ring (bicyclic) bond motifs is 1. The third-order valence-electron chi connectivity index (χ3n) is 4.33. The molecule has 7 nitrogen and oxygen atoms in total. The molecule has 1 amide bonds.